The van der Waals surface area contributed by atoms with Gasteiger partial charge in [-0.2, -0.15) is 3.84 Å². The van der Waals surface area contributed by atoms with Gasteiger partial charge in [0.25, 0.3) is 0 Å². The summed E-state index contributed by atoms with van der Waals surface area (Å²) < 4.78 is 29.8. The number of halogens is 3. The number of fused-ring (bicyclic) bond motifs is 1. The third kappa shape index (κ3) is 4.93. The second-order valence-electron chi connectivity index (χ2n) is 3.71. The molecule has 6 nitrogen and oxygen atoms in total. The number of rotatable bonds is 4. The van der Waals surface area contributed by atoms with Crippen LogP contribution in [0.5, 0.6) is 0 Å². The summed E-state index contributed by atoms with van der Waals surface area (Å²) >= 11 is 14.5. The molecule has 1 aromatic carbocycles. The van der Waals surface area contributed by atoms with Crippen molar-refractivity contribution in [3.63, 3.8) is 0 Å². The molecule has 1 heterocycles. The second kappa shape index (κ2) is 8.70. The van der Waals surface area contributed by atoms with Gasteiger partial charge < -0.3 is 5.73 Å². The second-order valence-corrected chi connectivity index (χ2v) is 6.32. The third-order valence-corrected chi connectivity index (χ3v) is 4.30. The first-order chi connectivity index (χ1) is 9.97. The van der Waals surface area contributed by atoms with Crippen LogP contribution in [-0.2, 0) is 13.9 Å². The van der Waals surface area contributed by atoms with E-state index >= 15 is 0 Å². The van der Waals surface area contributed by atoms with Crippen LogP contribution in [0, 0.1) is 0 Å². The number of sulfonamides is 1. The molecule has 0 aliphatic heterocycles. The van der Waals surface area contributed by atoms with Crippen LogP contribution in [0.3, 0.4) is 0 Å². The molecule has 0 bridgehead atoms. The van der Waals surface area contributed by atoms with Gasteiger partial charge in [0.1, 0.15) is 0 Å². The summed E-state index contributed by atoms with van der Waals surface area (Å²) in [5, 5.41) is 1.64. The number of hydrogen-bond acceptors (Lipinski definition) is 5. The van der Waals surface area contributed by atoms with Crippen molar-refractivity contribution < 1.29 is 12.3 Å². The number of benzene rings is 1. The van der Waals surface area contributed by atoms with Crippen LogP contribution >= 0.6 is 35.3 Å². The highest BCUT2D eigenvalue weighted by molar-refractivity contribution is 7.89. The monoisotopic (exact) mass is 371 g/mol. The lowest BCUT2D eigenvalue weighted by Gasteiger charge is -2.09. The molecule has 0 fully saturated rings. The average Bonchev–Trinajstić information content (AvgIpc) is 2.46. The quantitative estimate of drug-likeness (QED) is 0.859. The number of pyridine rings is 1. The SMILES string of the molecule is ClOCl.NCCNS(=O)(=O)c1ccc(Cl)c2ccncc12. The van der Waals surface area contributed by atoms with Crippen molar-refractivity contribution in [1.29, 1.82) is 0 Å². The van der Waals surface area contributed by atoms with E-state index in [0.717, 1.165) is 0 Å². The molecule has 21 heavy (non-hydrogen) atoms. The summed E-state index contributed by atoms with van der Waals surface area (Å²) in [7, 11) is -3.59. The molecule has 0 aliphatic rings. The van der Waals surface area contributed by atoms with Crippen molar-refractivity contribution in [1.82, 2.24) is 9.71 Å². The van der Waals surface area contributed by atoms with Gasteiger partial charge in [-0.3, -0.25) is 4.98 Å². The van der Waals surface area contributed by atoms with Gasteiger partial charge in [0, 0.05) is 41.3 Å². The number of nitrogens with one attached hydrogen (secondary N) is 1. The maximum Gasteiger partial charge on any atom is 0.241 e. The smallest absolute Gasteiger partial charge is 0.241 e. The van der Waals surface area contributed by atoms with E-state index in [9.17, 15) is 8.42 Å². The highest BCUT2D eigenvalue weighted by Crippen LogP contribution is 2.28. The average molecular weight is 373 g/mol. The summed E-state index contributed by atoms with van der Waals surface area (Å²) in [5.41, 5.74) is 5.29. The van der Waals surface area contributed by atoms with Gasteiger partial charge in [-0.1, -0.05) is 11.6 Å². The Balaban J connectivity index is 0.000000677. The highest BCUT2D eigenvalue weighted by atomic mass is 35.6. The number of hydrogen-bond donors (Lipinski definition) is 2. The van der Waals surface area contributed by atoms with Crippen LogP contribution < -0.4 is 10.5 Å². The van der Waals surface area contributed by atoms with E-state index in [1.807, 2.05) is 0 Å². The minimum Gasteiger partial charge on any atom is -0.329 e. The van der Waals surface area contributed by atoms with Crippen LogP contribution in [0.15, 0.2) is 35.5 Å². The molecule has 0 radical (unpaired) electrons. The van der Waals surface area contributed by atoms with E-state index in [-0.39, 0.29) is 18.0 Å². The minimum absolute atomic E-state index is 0.156. The normalized spacial score (nSPS) is 11.0. The minimum atomic E-state index is -3.59. The molecule has 2 rings (SSSR count). The van der Waals surface area contributed by atoms with E-state index in [4.69, 9.17) is 17.3 Å². The lowest BCUT2D eigenvalue weighted by atomic mass is 10.2. The fraction of sp³-hybridized carbons (Fsp3) is 0.182. The molecule has 0 saturated heterocycles. The summed E-state index contributed by atoms with van der Waals surface area (Å²) in [6.07, 6.45) is 3.05. The van der Waals surface area contributed by atoms with E-state index in [2.05, 4.69) is 37.3 Å². The molecule has 1 aromatic heterocycles. The maximum absolute atomic E-state index is 12.1. The van der Waals surface area contributed by atoms with Gasteiger partial charge in [0.05, 0.1) is 28.6 Å². The first-order valence-electron chi connectivity index (χ1n) is 5.59. The van der Waals surface area contributed by atoms with Crippen molar-refractivity contribution in [2.24, 2.45) is 5.73 Å². The molecular formula is C11H12Cl3N3O3S. The zero-order valence-electron chi connectivity index (χ0n) is 10.6. The van der Waals surface area contributed by atoms with Gasteiger partial charge in [0.15, 0.2) is 0 Å². The van der Waals surface area contributed by atoms with Gasteiger partial charge in [0.2, 0.25) is 10.0 Å². The Morgan fingerprint density at radius 3 is 2.52 bits per heavy atom. The Morgan fingerprint density at radius 1 is 1.24 bits per heavy atom. The molecule has 0 spiro atoms. The van der Waals surface area contributed by atoms with Gasteiger partial charge in [-0.05, 0) is 18.2 Å². The fourth-order valence-electron chi connectivity index (χ4n) is 1.63. The number of nitrogens with two attached hydrogens (primary N) is 1. The van der Waals surface area contributed by atoms with E-state index in [1.165, 1.54) is 12.3 Å². The predicted octanol–water partition coefficient (Wildman–Crippen LogP) is 2.44. The molecule has 10 heteroatoms. The van der Waals surface area contributed by atoms with Gasteiger partial charge >= 0.3 is 0 Å². The van der Waals surface area contributed by atoms with Crippen molar-refractivity contribution in [2.45, 2.75) is 4.90 Å². The lowest BCUT2D eigenvalue weighted by Crippen LogP contribution is -2.29. The van der Waals surface area contributed by atoms with Crippen LogP contribution in [0.2, 0.25) is 5.02 Å². The molecule has 0 unspecified atom stereocenters. The Bertz CT molecular complexity index is 697. The number of nitrogens with zero attached hydrogens (tertiary/aromatic N) is 1. The summed E-state index contributed by atoms with van der Waals surface area (Å²) in [4.78, 5) is 4.09. The summed E-state index contributed by atoms with van der Waals surface area (Å²) in [6.45, 7) is 0.426. The summed E-state index contributed by atoms with van der Waals surface area (Å²) in [6, 6.07) is 4.70. The van der Waals surface area contributed by atoms with Gasteiger partial charge in [-0.25, -0.2) is 13.1 Å². The summed E-state index contributed by atoms with van der Waals surface area (Å²) in [5.74, 6) is 0. The van der Waals surface area contributed by atoms with Crippen LogP contribution in [0.4, 0.5) is 0 Å². The van der Waals surface area contributed by atoms with E-state index in [1.54, 1.807) is 18.3 Å². The van der Waals surface area contributed by atoms with Crippen molar-refractivity contribution >= 4 is 56.1 Å². The van der Waals surface area contributed by atoms with Crippen LogP contribution in [0.1, 0.15) is 0 Å². The molecule has 0 amide bonds. The zero-order valence-corrected chi connectivity index (χ0v) is 13.7. The Hall–Kier alpha value is -0.670. The number of aromatic nitrogens is 1. The fourth-order valence-corrected chi connectivity index (χ4v) is 3.10. The Kier molecular flexibility index (Phi) is 7.61. The lowest BCUT2D eigenvalue weighted by molar-refractivity contribution is 0.583. The van der Waals surface area contributed by atoms with Crippen molar-refractivity contribution in [3.8, 4) is 0 Å². The molecular weight excluding hydrogens is 361 g/mol. The maximum atomic E-state index is 12.1. The van der Waals surface area contributed by atoms with Crippen molar-refractivity contribution in [2.75, 3.05) is 13.1 Å². The molecule has 0 saturated carbocycles. The molecule has 0 atom stereocenters. The van der Waals surface area contributed by atoms with Crippen LogP contribution in [-0.4, -0.2) is 26.5 Å². The highest BCUT2D eigenvalue weighted by Gasteiger charge is 2.17. The Morgan fingerprint density at radius 2 is 1.90 bits per heavy atom. The molecule has 3 N–H and O–H groups in total. The van der Waals surface area contributed by atoms with Crippen molar-refractivity contribution in [3.05, 3.63) is 35.6 Å². The predicted molar refractivity (Wildman–Crippen MR) is 83.8 cm³/mol. The first kappa shape index (κ1) is 18.4. The topological polar surface area (TPSA) is 94.3 Å². The molecule has 116 valence electrons. The van der Waals surface area contributed by atoms with Crippen LogP contribution in [0.25, 0.3) is 10.8 Å². The third-order valence-electron chi connectivity index (χ3n) is 2.45. The molecule has 2 aromatic rings. The first-order valence-corrected chi connectivity index (χ1v) is 8.07. The van der Waals surface area contributed by atoms with E-state index < -0.39 is 10.0 Å². The van der Waals surface area contributed by atoms with E-state index in [0.29, 0.717) is 15.8 Å². The molecule has 0 aliphatic carbocycles. The van der Waals surface area contributed by atoms with Gasteiger partial charge in [-0.15, -0.1) is 0 Å². The Labute approximate surface area is 137 Å². The zero-order chi connectivity index (χ0) is 15.9. The largest absolute Gasteiger partial charge is 0.329 e. The standard InChI is InChI=1S/C11H12ClN3O2S.Cl2O/c12-10-1-2-11(18(16,17)15-6-4-13)9-7-14-5-3-8(9)10;1-3-2/h1-3,5,7,15H,4,6,13H2;.